The van der Waals surface area contributed by atoms with Crippen LogP contribution in [-0.4, -0.2) is 103 Å². The number of rotatable bonds is 12. The number of aliphatic hydroxyl groups excluding tert-OH is 1. The molecule has 1 N–H and O–H groups in total. The highest BCUT2D eigenvalue weighted by Crippen LogP contribution is 2.64. The Balaban J connectivity index is 1.55. The zero-order chi connectivity index (χ0) is 28.7. The van der Waals surface area contributed by atoms with Crippen LogP contribution in [0, 0.1) is 11.8 Å². The molecule has 2 unspecified atom stereocenters. The van der Waals surface area contributed by atoms with Gasteiger partial charge >= 0.3 is 0 Å². The number of aromatic nitrogens is 3. The number of fused-ring (bicyclic) bond motifs is 2. The van der Waals surface area contributed by atoms with Gasteiger partial charge in [0, 0.05) is 33.3 Å². The van der Waals surface area contributed by atoms with Gasteiger partial charge in [-0.1, -0.05) is 36.4 Å². The van der Waals surface area contributed by atoms with Crippen LogP contribution in [0.2, 0.25) is 0 Å². The minimum absolute atomic E-state index is 0.105. The van der Waals surface area contributed by atoms with Gasteiger partial charge in [-0.25, -0.2) is 4.68 Å². The first-order valence-corrected chi connectivity index (χ1v) is 13.9. The van der Waals surface area contributed by atoms with Crippen LogP contribution < -0.4 is 0 Å². The van der Waals surface area contributed by atoms with E-state index in [0.29, 0.717) is 37.7 Å². The maximum atomic E-state index is 14.5. The molecule has 11 nitrogen and oxygen atoms in total. The molecule has 3 aliphatic rings. The number of benzene rings is 1. The van der Waals surface area contributed by atoms with Crippen LogP contribution in [0.1, 0.15) is 32.6 Å². The molecule has 2 aromatic rings. The highest BCUT2D eigenvalue weighted by atomic mass is 16.5. The lowest BCUT2D eigenvalue weighted by Crippen LogP contribution is -2.56. The number of likely N-dealkylation sites (N-methyl/N-ethyl adjacent to an activating group) is 1. The van der Waals surface area contributed by atoms with Gasteiger partial charge in [-0.3, -0.25) is 14.4 Å². The second-order valence-corrected chi connectivity index (χ2v) is 11.0. The fraction of sp³-hybridized carbons (Fsp3) is 0.552. The topological polar surface area (TPSA) is 121 Å². The van der Waals surface area contributed by atoms with Crippen LogP contribution in [0.3, 0.4) is 0 Å². The second-order valence-electron chi connectivity index (χ2n) is 11.0. The summed E-state index contributed by atoms with van der Waals surface area (Å²) in [6.45, 7) is 10.3. The number of nitrogens with zero attached hydrogens (tertiary/aromatic N) is 6. The van der Waals surface area contributed by atoms with E-state index in [1.807, 2.05) is 31.2 Å². The Morgan fingerprint density at radius 1 is 1.20 bits per heavy atom. The van der Waals surface area contributed by atoms with Gasteiger partial charge in [-0.15, -0.1) is 18.3 Å². The molecule has 1 spiro atoms. The Morgan fingerprint density at radius 3 is 2.65 bits per heavy atom. The summed E-state index contributed by atoms with van der Waals surface area (Å²) in [5, 5.41) is 18.1. The second kappa shape index (κ2) is 10.8. The molecule has 0 radical (unpaired) electrons. The molecule has 40 heavy (non-hydrogen) atoms. The molecule has 3 fully saturated rings. The molecule has 2 bridgehead atoms. The summed E-state index contributed by atoms with van der Waals surface area (Å²) < 4.78 is 8.48. The van der Waals surface area contributed by atoms with Crippen molar-refractivity contribution in [3.8, 4) is 0 Å². The molecular formula is C29H38N6O5. The number of para-hydroxylation sites is 1. The van der Waals surface area contributed by atoms with Crippen molar-refractivity contribution in [2.45, 2.75) is 56.5 Å². The first-order valence-electron chi connectivity index (χ1n) is 13.9. The number of hydrogen-bond acceptors (Lipinski definition) is 7. The van der Waals surface area contributed by atoms with Gasteiger partial charge in [0.2, 0.25) is 17.7 Å². The normalized spacial score (nSPS) is 28.6. The molecule has 3 aliphatic heterocycles. The molecule has 4 heterocycles. The quantitative estimate of drug-likeness (QED) is 0.399. The maximum Gasteiger partial charge on any atom is 0.250 e. The minimum atomic E-state index is -1.14. The SMILES string of the molecule is C=CCN(C)C(=O)[C@@H]1[C@H]2C(=O)N(CCCO)C(C(=O)N(CC=C)Cn3nnc4ccccc43)C23CC[C@@]1(CC)O3. The number of ether oxygens (including phenoxy) is 1. The van der Waals surface area contributed by atoms with Gasteiger partial charge in [-0.05, 0) is 37.8 Å². The molecule has 0 saturated carbocycles. The minimum Gasteiger partial charge on any atom is -0.396 e. The Hall–Kier alpha value is -3.57. The van der Waals surface area contributed by atoms with E-state index in [1.54, 1.807) is 33.7 Å². The van der Waals surface area contributed by atoms with Crippen LogP contribution in [0.15, 0.2) is 49.6 Å². The Kier molecular flexibility index (Phi) is 7.54. The summed E-state index contributed by atoms with van der Waals surface area (Å²) in [5.41, 5.74) is -0.474. The molecule has 5 rings (SSSR count). The number of hydrogen-bond donors (Lipinski definition) is 1. The van der Waals surface area contributed by atoms with E-state index >= 15 is 0 Å². The largest absolute Gasteiger partial charge is 0.396 e. The Bertz CT molecular complexity index is 1330. The molecule has 0 aliphatic carbocycles. The molecule has 11 heteroatoms. The summed E-state index contributed by atoms with van der Waals surface area (Å²) in [6, 6.07) is 6.55. The van der Waals surface area contributed by atoms with Crippen LogP contribution in [0.5, 0.6) is 0 Å². The molecule has 1 aromatic carbocycles. The van der Waals surface area contributed by atoms with Gasteiger partial charge in [0.1, 0.15) is 23.8 Å². The van der Waals surface area contributed by atoms with Crippen molar-refractivity contribution in [3.05, 3.63) is 49.6 Å². The number of carbonyl (C=O) groups is 3. The third-order valence-corrected chi connectivity index (χ3v) is 8.90. The van der Waals surface area contributed by atoms with E-state index in [2.05, 4.69) is 23.5 Å². The zero-order valence-corrected chi connectivity index (χ0v) is 23.2. The standard InChI is InChI=1S/C29H38N6O5/c1-5-15-32(4)25(37)22-23-26(38)34(17-10-18-36)24(29(23)14-13-28(22,7-3)40-29)27(39)33(16-6-2)19-35-21-12-9-8-11-20(21)30-31-35/h5-6,8-9,11-12,22-24,36H,1-2,7,10,13-19H2,3-4H3/t22-,23-,24?,28+,29?/m0/s1. The van der Waals surface area contributed by atoms with Crippen molar-refractivity contribution < 1.29 is 24.2 Å². The fourth-order valence-corrected chi connectivity index (χ4v) is 7.11. The monoisotopic (exact) mass is 550 g/mol. The van der Waals surface area contributed by atoms with Crippen LogP contribution in [-0.2, 0) is 25.8 Å². The summed E-state index contributed by atoms with van der Waals surface area (Å²) >= 11 is 0. The smallest absolute Gasteiger partial charge is 0.250 e. The van der Waals surface area contributed by atoms with Crippen molar-refractivity contribution in [1.82, 2.24) is 29.7 Å². The summed E-state index contributed by atoms with van der Waals surface area (Å²) in [7, 11) is 1.70. The number of amides is 3. The highest BCUT2D eigenvalue weighted by molar-refractivity contribution is 5.99. The summed E-state index contributed by atoms with van der Waals surface area (Å²) in [6.07, 6.45) is 5.22. The van der Waals surface area contributed by atoms with Crippen molar-refractivity contribution in [2.24, 2.45) is 11.8 Å². The van der Waals surface area contributed by atoms with Gasteiger partial charge < -0.3 is 24.5 Å². The van der Waals surface area contributed by atoms with Crippen molar-refractivity contribution >= 4 is 28.8 Å². The summed E-state index contributed by atoms with van der Waals surface area (Å²) in [5.74, 6) is -2.23. The van der Waals surface area contributed by atoms with E-state index in [0.717, 1.165) is 5.52 Å². The van der Waals surface area contributed by atoms with Crippen molar-refractivity contribution in [2.75, 3.05) is 33.3 Å². The molecule has 1 aromatic heterocycles. The predicted octanol–water partition coefficient (Wildman–Crippen LogP) is 1.59. The highest BCUT2D eigenvalue weighted by Gasteiger charge is 2.78. The van der Waals surface area contributed by atoms with Crippen LogP contribution >= 0.6 is 0 Å². The first-order chi connectivity index (χ1) is 19.3. The molecular weight excluding hydrogens is 512 g/mol. The lowest BCUT2D eigenvalue weighted by molar-refractivity contribution is -0.155. The third-order valence-electron chi connectivity index (χ3n) is 8.90. The van der Waals surface area contributed by atoms with Gasteiger partial charge in [0.05, 0.1) is 23.0 Å². The van der Waals surface area contributed by atoms with E-state index in [4.69, 9.17) is 4.74 Å². The van der Waals surface area contributed by atoms with E-state index in [1.165, 1.54) is 4.90 Å². The van der Waals surface area contributed by atoms with Crippen molar-refractivity contribution in [3.63, 3.8) is 0 Å². The lowest BCUT2D eigenvalue weighted by Gasteiger charge is -2.36. The number of carbonyl (C=O) groups excluding carboxylic acids is 3. The maximum absolute atomic E-state index is 14.5. The van der Waals surface area contributed by atoms with Crippen LogP contribution in [0.25, 0.3) is 11.0 Å². The average molecular weight is 551 g/mol. The predicted molar refractivity (Wildman–Crippen MR) is 148 cm³/mol. The van der Waals surface area contributed by atoms with Gasteiger partial charge in [0.25, 0.3) is 0 Å². The lowest BCUT2D eigenvalue weighted by atomic mass is 9.64. The van der Waals surface area contributed by atoms with Crippen molar-refractivity contribution in [1.29, 1.82) is 0 Å². The van der Waals surface area contributed by atoms with E-state index < -0.39 is 29.1 Å². The Morgan fingerprint density at radius 2 is 1.95 bits per heavy atom. The average Bonchev–Trinajstić information content (AvgIpc) is 3.68. The number of likely N-dealkylation sites (tertiary alicyclic amines) is 1. The fourth-order valence-electron chi connectivity index (χ4n) is 7.11. The van der Waals surface area contributed by atoms with Gasteiger partial charge in [0.15, 0.2) is 0 Å². The molecule has 3 amide bonds. The first kappa shape index (κ1) is 28.0. The molecule has 3 saturated heterocycles. The third kappa shape index (κ3) is 4.14. The molecule has 214 valence electrons. The van der Waals surface area contributed by atoms with Gasteiger partial charge in [-0.2, -0.15) is 0 Å². The Labute approximate surface area is 234 Å². The molecule has 5 atom stereocenters. The zero-order valence-electron chi connectivity index (χ0n) is 23.2. The summed E-state index contributed by atoms with van der Waals surface area (Å²) in [4.78, 5) is 47.2. The van der Waals surface area contributed by atoms with E-state index in [9.17, 15) is 19.5 Å². The van der Waals surface area contributed by atoms with Crippen LogP contribution in [0.4, 0.5) is 0 Å². The number of aliphatic hydroxyl groups is 1. The van der Waals surface area contributed by atoms with E-state index in [-0.39, 0.29) is 44.1 Å².